The van der Waals surface area contributed by atoms with Gasteiger partial charge in [-0.1, -0.05) is 18.6 Å². The van der Waals surface area contributed by atoms with Gasteiger partial charge < -0.3 is 20.5 Å². The summed E-state index contributed by atoms with van der Waals surface area (Å²) in [6, 6.07) is 6.39. The highest BCUT2D eigenvalue weighted by Gasteiger charge is 2.40. The molecule has 2 unspecified atom stereocenters. The van der Waals surface area contributed by atoms with Crippen LogP contribution in [0.1, 0.15) is 43.2 Å². The highest BCUT2D eigenvalue weighted by molar-refractivity contribution is 5.85. The second-order valence-corrected chi connectivity index (χ2v) is 7.87. The standard InChI is InChI=1S/C21H32N2O3.ClH/c1-14-6-7-17(19(10-14)26-9-8-25-2)13-23-21(24)18-11-15-4-3-5-16(12-18)20(15)22;/h6-7,10,15-16,18,20H,3-5,8-9,11-13,22H2,1-2H3,(H,23,24);1H. The van der Waals surface area contributed by atoms with Crippen LogP contribution >= 0.6 is 12.4 Å². The molecule has 1 aromatic rings. The van der Waals surface area contributed by atoms with E-state index in [9.17, 15) is 4.79 Å². The van der Waals surface area contributed by atoms with Gasteiger partial charge in [0.25, 0.3) is 0 Å². The Kier molecular flexibility index (Phi) is 8.39. The van der Waals surface area contributed by atoms with Crippen LogP contribution in [0.5, 0.6) is 5.75 Å². The molecule has 2 aliphatic rings. The first-order valence-corrected chi connectivity index (χ1v) is 9.83. The molecule has 2 bridgehead atoms. The predicted molar refractivity (Wildman–Crippen MR) is 109 cm³/mol. The first-order valence-electron chi connectivity index (χ1n) is 9.83. The maximum Gasteiger partial charge on any atom is 0.223 e. The second kappa shape index (κ2) is 10.3. The molecule has 2 atom stereocenters. The molecule has 5 nitrogen and oxygen atoms in total. The Morgan fingerprint density at radius 2 is 1.93 bits per heavy atom. The lowest BCUT2D eigenvalue weighted by molar-refractivity contribution is -0.128. The van der Waals surface area contributed by atoms with Gasteiger partial charge in [-0.2, -0.15) is 0 Å². The third-order valence-corrected chi connectivity index (χ3v) is 6.00. The van der Waals surface area contributed by atoms with Gasteiger partial charge in [-0.15, -0.1) is 12.4 Å². The second-order valence-electron chi connectivity index (χ2n) is 7.87. The average molecular weight is 397 g/mol. The fourth-order valence-corrected chi connectivity index (χ4v) is 4.51. The molecule has 1 amide bonds. The molecule has 27 heavy (non-hydrogen) atoms. The summed E-state index contributed by atoms with van der Waals surface area (Å²) >= 11 is 0. The van der Waals surface area contributed by atoms with E-state index in [-0.39, 0.29) is 24.2 Å². The maximum atomic E-state index is 12.7. The molecule has 3 N–H and O–H groups in total. The summed E-state index contributed by atoms with van der Waals surface area (Å²) in [5.74, 6) is 2.13. The summed E-state index contributed by atoms with van der Waals surface area (Å²) in [4.78, 5) is 12.7. The van der Waals surface area contributed by atoms with Gasteiger partial charge in [0.1, 0.15) is 12.4 Å². The van der Waals surface area contributed by atoms with E-state index in [1.54, 1.807) is 7.11 Å². The molecule has 0 aromatic heterocycles. The molecule has 0 spiro atoms. The molecule has 0 aliphatic heterocycles. The fourth-order valence-electron chi connectivity index (χ4n) is 4.51. The number of ether oxygens (including phenoxy) is 2. The van der Waals surface area contributed by atoms with E-state index in [4.69, 9.17) is 15.2 Å². The number of fused-ring (bicyclic) bond motifs is 2. The largest absolute Gasteiger partial charge is 0.491 e. The molecule has 0 heterocycles. The van der Waals surface area contributed by atoms with Crippen molar-refractivity contribution in [1.29, 1.82) is 0 Å². The Balaban J connectivity index is 0.00000261. The summed E-state index contributed by atoms with van der Waals surface area (Å²) < 4.78 is 10.9. The van der Waals surface area contributed by atoms with Crippen LogP contribution in [0.25, 0.3) is 0 Å². The lowest BCUT2D eigenvalue weighted by Crippen LogP contribution is -2.49. The number of rotatable bonds is 7. The van der Waals surface area contributed by atoms with Crippen molar-refractivity contribution in [3.8, 4) is 5.75 Å². The highest BCUT2D eigenvalue weighted by atomic mass is 35.5. The third-order valence-electron chi connectivity index (χ3n) is 6.00. The Bertz CT molecular complexity index is 611. The van der Waals surface area contributed by atoms with Crippen LogP contribution in [-0.2, 0) is 16.1 Å². The lowest BCUT2D eigenvalue weighted by Gasteiger charge is -2.43. The molecule has 0 radical (unpaired) electrons. The van der Waals surface area contributed by atoms with Crippen LogP contribution in [0.3, 0.4) is 0 Å². The van der Waals surface area contributed by atoms with E-state index >= 15 is 0 Å². The molecular weight excluding hydrogens is 364 g/mol. The summed E-state index contributed by atoms with van der Waals surface area (Å²) in [5.41, 5.74) is 8.49. The Hall–Kier alpha value is -1.30. The minimum absolute atomic E-state index is 0. The van der Waals surface area contributed by atoms with E-state index in [0.29, 0.717) is 37.6 Å². The van der Waals surface area contributed by atoms with Gasteiger partial charge in [-0.05, 0) is 56.1 Å². The number of nitrogens with one attached hydrogen (secondary N) is 1. The van der Waals surface area contributed by atoms with Crippen LogP contribution in [0.4, 0.5) is 0 Å². The number of carbonyl (C=O) groups is 1. The van der Waals surface area contributed by atoms with Crippen molar-refractivity contribution in [2.75, 3.05) is 20.3 Å². The molecular formula is C21H33ClN2O3. The van der Waals surface area contributed by atoms with Gasteiger partial charge in [0.2, 0.25) is 5.91 Å². The minimum atomic E-state index is 0. The van der Waals surface area contributed by atoms with Crippen molar-refractivity contribution < 1.29 is 14.3 Å². The van der Waals surface area contributed by atoms with Gasteiger partial charge in [0.05, 0.1) is 6.61 Å². The van der Waals surface area contributed by atoms with E-state index in [1.165, 1.54) is 19.3 Å². The van der Waals surface area contributed by atoms with Gasteiger partial charge in [-0.3, -0.25) is 4.79 Å². The zero-order valence-electron chi connectivity index (χ0n) is 16.4. The minimum Gasteiger partial charge on any atom is -0.491 e. The number of amides is 1. The molecule has 1 aromatic carbocycles. The lowest BCUT2D eigenvalue weighted by atomic mass is 9.65. The molecule has 6 heteroatoms. The van der Waals surface area contributed by atoms with Crippen LogP contribution in [0, 0.1) is 24.7 Å². The molecule has 152 valence electrons. The number of hydrogen-bond acceptors (Lipinski definition) is 4. The van der Waals surface area contributed by atoms with Crippen molar-refractivity contribution in [3.05, 3.63) is 29.3 Å². The first-order chi connectivity index (χ1) is 12.6. The number of hydrogen-bond donors (Lipinski definition) is 2. The first kappa shape index (κ1) is 22.0. The fraction of sp³-hybridized carbons (Fsp3) is 0.667. The van der Waals surface area contributed by atoms with Crippen LogP contribution < -0.4 is 15.8 Å². The average Bonchev–Trinajstić information content (AvgIpc) is 2.61. The van der Waals surface area contributed by atoms with Crippen molar-refractivity contribution in [2.24, 2.45) is 23.5 Å². The maximum absolute atomic E-state index is 12.7. The normalized spacial score (nSPS) is 26.8. The molecule has 0 saturated heterocycles. The van der Waals surface area contributed by atoms with E-state index < -0.39 is 0 Å². The summed E-state index contributed by atoms with van der Waals surface area (Å²) in [7, 11) is 1.66. The van der Waals surface area contributed by atoms with E-state index in [2.05, 4.69) is 11.4 Å². The SMILES string of the molecule is COCCOc1cc(C)ccc1CNC(=O)C1CC2CCCC(C1)C2N.Cl. The van der Waals surface area contributed by atoms with Gasteiger partial charge >= 0.3 is 0 Å². The van der Waals surface area contributed by atoms with Gasteiger partial charge in [0, 0.05) is 31.2 Å². The van der Waals surface area contributed by atoms with Gasteiger partial charge in [0.15, 0.2) is 0 Å². The number of nitrogens with two attached hydrogens (primary N) is 1. The quantitative estimate of drug-likeness (QED) is 0.694. The van der Waals surface area contributed by atoms with Crippen molar-refractivity contribution in [3.63, 3.8) is 0 Å². The van der Waals surface area contributed by atoms with Crippen molar-refractivity contribution in [2.45, 2.75) is 51.6 Å². The highest BCUT2D eigenvalue weighted by Crippen LogP contribution is 2.41. The summed E-state index contributed by atoms with van der Waals surface area (Å²) in [6.07, 6.45) is 5.50. The number of halogens is 1. The predicted octanol–water partition coefficient (Wildman–Crippen LogP) is 3.21. The molecule has 2 saturated carbocycles. The number of carbonyl (C=O) groups excluding carboxylic acids is 1. The number of benzene rings is 1. The zero-order chi connectivity index (χ0) is 18.5. The smallest absolute Gasteiger partial charge is 0.223 e. The topological polar surface area (TPSA) is 73.6 Å². The van der Waals surface area contributed by atoms with Crippen LogP contribution in [0.2, 0.25) is 0 Å². The van der Waals surface area contributed by atoms with Crippen LogP contribution in [-0.4, -0.2) is 32.3 Å². The Morgan fingerprint density at radius 1 is 1.22 bits per heavy atom. The molecule has 2 fully saturated rings. The van der Waals surface area contributed by atoms with Crippen LogP contribution in [0.15, 0.2) is 18.2 Å². The summed E-state index contributed by atoms with van der Waals surface area (Å²) in [5, 5.41) is 3.13. The van der Waals surface area contributed by atoms with E-state index in [1.807, 2.05) is 19.1 Å². The zero-order valence-corrected chi connectivity index (χ0v) is 17.2. The molecule has 3 rings (SSSR count). The molecule has 2 aliphatic carbocycles. The number of methoxy groups -OCH3 is 1. The summed E-state index contributed by atoms with van der Waals surface area (Å²) in [6.45, 7) is 3.59. The van der Waals surface area contributed by atoms with Crippen molar-refractivity contribution in [1.82, 2.24) is 5.32 Å². The van der Waals surface area contributed by atoms with Crippen molar-refractivity contribution >= 4 is 18.3 Å². The Morgan fingerprint density at radius 3 is 2.59 bits per heavy atom. The Labute approximate surface area is 168 Å². The number of aryl methyl sites for hydroxylation is 1. The van der Waals surface area contributed by atoms with Gasteiger partial charge in [-0.25, -0.2) is 0 Å². The third kappa shape index (κ3) is 5.59. The monoisotopic (exact) mass is 396 g/mol. The van der Waals surface area contributed by atoms with E-state index in [0.717, 1.165) is 29.7 Å².